The van der Waals surface area contributed by atoms with E-state index in [4.69, 9.17) is 11.5 Å². The van der Waals surface area contributed by atoms with Gasteiger partial charge in [-0.15, -0.1) is 0 Å². The number of rotatable bonds is 1. The average Bonchev–Trinajstić information content (AvgIpc) is 2.10. The molecule has 0 saturated heterocycles. The minimum absolute atomic E-state index is 0.106. The third kappa shape index (κ3) is 0.910. The highest BCUT2D eigenvalue weighted by molar-refractivity contribution is 7.94. The summed E-state index contributed by atoms with van der Waals surface area (Å²) in [5.74, 6) is 0. The molecule has 0 aromatic carbocycles. The van der Waals surface area contributed by atoms with Gasteiger partial charge < -0.3 is 11.5 Å². The van der Waals surface area contributed by atoms with Crippen molar-refractivity contribution in [3.63, 3.8) is 0 Å². The van der Waals surface area contributed by atoms with Crippen molar-refractivity contribution in [3.8, 4) is 0 Å². The van der Waals surface area contributed by atoms with Crippen LogP contribution in [0.3, 0.4) is 0 Å². The molecule has 0 fully saturated rings. The Morgan fingerprint density at radius 1 is 1.60 bits per heavy atom. The van der Waals surface area contributed by atoms with E-state index in [0.717, 1.165) is 0 Å². The molecule has 4 N–H and O–H groups in total. The molecule has 0 aromatic heterocycles. The molecule has 5 nitrogen and oxygen atoms in total. The Kier molecular flexibility index (Phi) is 1.49. The van der Waals surface area contributed by atoms with Gasteiger partial charge in [-0.25, -0.2) is 0 Å². The van der Waals surface area contributed by atoms with Crippen molar-refractivity contribution in [2.45, 2.75) is 0 Å². The second kappa shape index (κ2) is 2.06. The highest BCUT2D eigenvalue weighted by Crippen LogP contribution is 2.12. The standard InChI is InChI=1S/C4H7N3O2S/c5-1-3-2-7-10(8,9)4(3)6/h2H,1,5-6H2. The maximum absolute atomic E-state index is 10.7. The molecule has 0 atom stereocenters. The molecule has 0 aromatic rings. The zero-order chi connectivity index (χ0) is 7.78. The Balaban J connectivity index is 3.20. The lowest BCUT2D eigenvalue weighted by Crippen LogP contribution is -2.12. The zero-order valence-electron chi connectivity index (χ0n) is 5.11. The van der Waals surface area contributed by atoms with Gasteiger partial charge in [0.25, 0.3) is 10.0 Å². The van der Waals surface area contributed by atoms with Gasteiger partial charge >= 0.3 is 0 Å². The van der Waals surface area contributed by atoms with E-state index < -0.39 is 10.0 Å². The summed E-state index contributed by atoms with van der Waals surface area (Å²) in [6.45, 7) is 0.106. The Morgan fingerprint density at radius 2 is 2.20 bits per heavy atom. The summed E-state index contributed by atoms with van der Waals surface area (Å²) in [6, 6.07) is 0. The minimum atomic E-state index is -3.54. The lowest BCUT2D eigenvalue weighted by molar-refractivity contribution is 0.604. The SMILES string of the molecule is NCC1=C(N)S(=O)(=O)N=C1. The molecule has 0 spiro atoms. The van der Waals surface area contributed by atoms with Gasteiger partial charge in [0.05, 0.1) is 0 Å². The van der Waals surface area contributed by atoms with E-state index in [-0.39, 0.29) is 11.6 Å². The molecular formula is C4H7N3O2S. The van der Waals surface area contributed by atoms with E-state index >= 15 is 0 Å². The second-order valence-corrected chi connectivity index (χ2v) is 3.40. The monoisotopic (exact) mass is 161 g/mol. The van der Waals surface area contributed by atoms with Gasteiger partial charge in [-0.05, 0) is 0 Å². The highest BCUT2D eigenvalue weighted by atomic mass is 32.2. The predicted molar refractivity (Wildman–Crippen MR) is 37.7 cm³/mol. The molecule has 0 radical (unpaired) electrons. The number of hydrogen-bond donors (Lipinski definition) is 2. The first-order valence-electron chi connectivity index (χ1n) is 2.57. The van der Waals surface area contributed by atoms with Crippen LogP contribution >= 0.6 is 0 Å². The molecule has 56 valence electrons. The van der Waals surface area contributed by atoms with E-state index in [1.807, 2.05) is 0 Å². The van der Waals surface area contributed by atoms with Crippen molar-refractivity contribution >= 4 is 16.2 Å². The average molecular weight is 161 g/mol. The van der Waals surface area contributed by atoms with Gasteiger partial charge in [-0.2, -0.15) is 12.8 Å². The quantitative estimate of drug-likeness (QED) is 0.490. The predicted octanol–water partition coefficient (Wildman–Crippen LogP) is -1.47. The number of nitrogens with two attached hydrogens (primary N) is 2. The normalized spacial score (nSPS) is 22.1. The first-order valence-corrected chi connectivity index (χ1v) is 4.01. The van der Waals surface area contributed by atoms with Crippen molar-refractivity contribution < 1.29 is 8.42 Å². The summed E-state index contributed by atoms with van der Waals surface area (Å²) in [6.07, 6.45) is 1.17. The first-order chi connectivity index (χ1) is 4.58. The van der Waals surface area contributed by atoms with Crippen LogP contribution in [0.1, 0.15) is 0 Å². The third-order valence-electron chi connectivity index (χ3n) is 1.16. The fraction of sp³-hybridized carbons (Fsp3) is 0.250. The molecule has 1 heterocycles. The van der Waals surface area contributed by atoms with E-state index in [2.05, 4.69) is 4.40 Å². The molecule has 10 heavy (non-hydrogen) atoms. The van der Waals surface area contributed by atoms with Crippen molar-refractivity contribution in [1.29, 1.82) is 0 Å². The van der Waals surface area contributed by atoms with Crippen LogP contribution in [0.4, 0.5) is 0 Å². The van der Waals surface area contributed by atoms with Gasteiger partial charge in [0.2, 0.25) is 0 Å². The molecule has 0 saturated carbocycles. The van der Waals surface area contributed by atoms with Gasteiger partial charge in [-0.3, -0.25) is 0 Å². The van der Waals surface area contributed by atoms with Crippen LogP contribution in [0, 0.1) is 0 Å². The van der Waals surface area contributed by atoms with Gasteiger partial charge in [0, 0.05) is 18.3 Å². The highest BCUT2D eigenvalue weighted by Gasteiger charge is 2.21. The van der Waals surface area contributed by atoms with Gasteiger partial charge in [-0.1, -0.05) is 0 Å². The largest absolute Gasteiger partial charge is 0.388 e. The molecule has 1 aliphatic heterocycles. The van der Waals surface area contributed by atoms with Crippen LogP contribution in [-0.4, -0.2) is 21.2 Å². The molecule has 1 rings (SSSR count). The molecule has 0 amide bonds. The Labute approximate surface area is 58.5 Å². The molecule has 6 heteroatoms. The third-order valence-corrected chi connectivity index (χ3v) is 2.36. The van der Waals surface area contributed by atoms with Crippen LogP contribution < -0.4 is 11.5 Å². The van der Waals surface area contributed by atoms with Crippen LogP contribution in [-0.2, 0) is 10.0 Å². The molecule has 0 bridgehead atoms. The van der Waals surface area contributed by atoms with Gasteiger partial charge in [0.1, 0.15) is 0 Å². The first kappa shape index (κ1) is 7.23. The van der Waals surface area contributed by atoms with Gasteiger partial charge in [0.15, 0.2) is 5.03 Å². The Morgan fingerprint density at radius 3 is 2.40 bits per heavy atom. The lowest BCUT2D eigenvalue weighted by Gasteiger charge is -1.92. The molecular weight excluding hydrogens is 154 g/mol. The number of sulfonamides is 1. The zero-order valence-corrected chi connectivity index (χ0v) is 5.93. The summed E-state index contributed by atoms with van der Waals surface area (Å²) in [7, 11) is -3.54. The topological polar surface area (TPSA) is 98.5 Å². The smallest absolute Gasteiger partial charge is 0.297 e. The Hall–Kier alpha value is -0.880. The second-order valence-electron chi connectivity index (χ2n) is 1.80. The maximum atomic E-state index is 10.7. The van der Waals surface area contributed by atoms with Crippen LogP contribution in [0.5, 0.6) is 0 Å². The fourth-order valence-electron chi connectivity index (χ4n) is 0.572. The minimum Gasteiger partial charge on any atom is -0.388 e. The summed E-state index contributed by atoms with van der Waals surface area (Å²) >= 11 is 0. The van der Waals surface area contributed by atoms with Crippen molar-refractivity contribution in [2.24, 2.45) is 15.9 Å². The lowest BCUT2D eigenvalue weighted by atomic mass is 10.3. The van der Waals surface area contributed by atoms with Crippen LogP contribution in [0.15, 0.2) is 15.0 Å². The van der Waals surface area contributed by atoms with Crippen molar-refractivity contribution in [2.75, 3.05) is 6.54 Å². The van der Waals surface area contributed by atoms with E-state index in [1.165, 1.54) is 6.21 Å². The van der Waals surface area contributed by atoms with E-state index in [9.17, 15) is 8.42 Å². The van der Waals surface area contributed by atoms with E-state index in [0.29, 0.717) is 5.57 Å². The van der Waals surface area contributed by atoms with Crippen molar-refractivity contribution in [3.05, 3.63) is 10.6 Å². The maximum Gasteiger partial charge on any atom is 0.297 e. The van der Waals surface area contributed by atoms with Crippen molar-refractivity contribution in [1.82, 2.24) is 0 Å². The molecule has 0 aliphatic carbocycles. The molecule has 1 aliphatic rings. The fourth-order valence-corrected chi connectivity index (χ4v) is 1.42. The Bertz CT molecular complexity index is 300. The summed E-state index contributed by atoms with van der Waals surface area (Å²) in [5, 5.41) is -0.227. The summed E-state index contributed by atoms with van der Waals surface area (Å²) in [5.41, 5.74) is 10.7. The van der Waals surface area contributed by atoms with Crippen LogP contribution in [0.25, 0.3) is 0 Å². The number of nitrogens with zero attached hydrogens (tertiary/aromatic N) is 1. The van der Waals surface area contributed by atoms with Crippen LogP contribution in [0.2, 0.25) is 0 Å². The summed E-state index contributed by atoms with van der Waals surface area (Å²) in [4.78, 5) is 0. The van der Waals surface area contributed by atoms with E-state index in [1.54, 1.807) is 0 Å². The summed E-state index contributed by atoms with van der Waals surface area (Å²) < 4.78 is 24.6. The number of hydrogen-bond acceptors (Lipinski definition) is 4. The molecule has 0 unspecified atom stereocenters.